The van der Waals surface area contributed by atoms with Crippen LogP contribution in [0.3, 0.4) is 0 Å². The van der Waals surface area contributed by atoms with E-state index in [4.69, 9.17) is 0 Å². The van der Waals surface area contributed by atoms with Gasteiger partial charge in [-0.2, -0.15) is 0 Å². The van der Waals surface area contributed by atoms with Gasteiger partial charge in [0.15, 0.2) is 0 Å². The van der Waals surface area contributed by atoms with Crippen LogP contribution < -0.4 is 0 Å². The Morgan fingerprint density at radius 2 is 1.86 bits per heavy atom. The Bertz CT molecular complexity index is 566. The van der Waals surface area contributed by atoms with Crippen molar-refractivity contribution in [2.45, 2.75) is 44.9 Å². The van der Waals surface area contributed by atoms with Gasteiger partial charge in [0, 0.05) is 19.0 Å². The molecular formula is C17H27NO2S. The summed E-state index contributed by atoms with van der Waals surface area (Å²) in [5.74, 6) is 0. The van der Waals surface area contributed by atoms with Crippen LogP contribution in [0.1, 0.15) is 40.0 Å². The smallest absolute Gasteiger partial charge is 0.207 e. The Balaban J connectivity index is 2.97. The molecule has 1 aromatic rings. The maximum atomic E-state index is 12.6. The zero-order valence-electron chi connectivity index (χ0n) is 13.6. The standard InChI is InChI=1S/C17H27NO2S/c1-6-7-13-17(4,15(2)3)14-18(5)21(19,20)16-11-9-8-10-12-16/h8-12H,2,6-7,13-14H2,1,3-5H3. The molecule has 0 fully saturated rings. The highest BCUT2D eigenvalue weighted by molar-refractivity contribution is 7.89. The van der Waals surface area contributed by atoms with Gasteiger partial charge in [-0.1, -0.05) is 57.0 Å². The predicted octanol–water partition coefficient (Wildman–Crippen LogP) is 4.08. The van der Waals surface area contributed by atoms with Crippen molar-refractivity contribution in [1.29, 1.82) is 0 Å². The van der Waals surface area contributed by atoms with Crippen molar-refractivity contribution in [2.75, 3.05) is 13.6 Å². The van der Waals surface area contributed by atoms with Gasteiger partial charge in [0.2, 0.25) is 10.0 Å². The number of benzene rings is 1. The first kappa shape index (κ1) is 17.9. The summed E-state index contributed by atoms with van der Waals surface area (Å²) in [6.07, 6.45) is 3.12. The van der Waals surface area contributed by atoms with E-state index in [2.05, 4.69) is 20.4 Å². The van der Waals surface area contributed by atoms with E-state index in [1.54, 1.807) is 31.3 Å². The van der Waals surface area contributed by atoms with E-state index in [1.807, 2.05) is 13.0 Å². The topological polar surface area (TPSA) is 37.4 Å². The second-order valence-corrected chi connectivity index (χ2v) is 8.06. The molecule has 1 rings (SSSR count). The van der Waals surface area contributed by atoms with Crippen LogP contribution in [-0.2, 0) is 10.0 Å². The summed E-state index contributed by atoms with van der Waals surface area (Å²) in [6, 6.07) is 8.58. The number of rotatable bonds is 8. The van der Waals surface area contributed by atoms with Crippen molar-refractivity contribution >= 4 is 10.0 Å². The minimum absolute atomic E-state index is 0.188. The molecule has 0 N–H and O–H groups in total. The molecule has 1 atom stereocenters. The molecule has 21 heavy (non-hydrogen) atoms. The summed E-state index contributed by atoms with van der Waals surface area (Å²) in [7, 11) is -1.79. The van der Waals surface area contributed by atoms with Crippen molar-refractivity contribution in [3.05, 3.63) is 42.5 Å². The first-order valence-corrected chi connectivity index (χ1v) is 8.85. The molecule has 0 aliphatic carbocycles. The lowest BCUT2D eigenvalue weighted by Gasteiger charge is -2.34. The molecule has 0 amide bonds. The molecule has 118 valence electrons. The molecule has 3 nitrogen and oxygen atoms in total. The van der Waals surface area contributed by atoms with Gasteiger partial charge in [-0.15, -0.1) is 0 Å². The number of hydrogen-bond acceptors (Lipinski definition) is 2. The van der Waals surface area contributed by atoms with E-state index in [0.29, 0.717) is 11.4 Å². The predicted molar refractivity (Wildman–Crippen MR) is 88.7 cm³/mol. The lowest BCUT2D eigenvalue weighted by molar-refractivity contribution is 0.279. The van der Waals surface area contributed by atoms with Crippen LogP contribution in [0, 0.1) is 5.41 Å². The lowest BCUT2D eigenvalue weighted by atomic mass is 9.79. The van der Waals surface area contributed by atoms with Gasteiger partial charge in [-0.3, -0.25) is 0 Å². The highest BCUT2D eigenvalue weighted by Gasteiger charge is 2.31. The molecule has 0 aliphatic heterocycles. The van der Waals surface area contributed by atoms with Crippen LogP contribution in [0.4, 0.5) is 0 Å². The minimum Gasteiger partial charge on any atom is -0.207 e. The highest BCUT2D eigenvalue weighted by atomic mass is 32.2. The Kier molecular flexibility index (Phi) is 6.17. The van der Waals surface area contributed by atoms with Crippen LogP contribution in [0.15, 0.2) is 47.4 Å². The van der Waals surface area contributed by atoms with E-state index in [1.165, 1.54) is 4.31 Å². The van der Waals surface area contributed by atoms with Crippen molar-refractivity contribution in [3.8, 4) is 0 Å². The SMILES string of the molecule is C=C(C)C(C)(CCCC)CN(C)S(=O)(=O)c1ccccc1. The second-order valence-electron chi connectivity index (χ2n) is 6.02. The van der Waals surface area contributed by atoms with E-state index in [-0.39, 0.29) is 5.41 Å². The average Bonchev–Trinajstić information content (AvgIpc) is 2.45. The zero-order valence-corrected chi connectivity index (χ0v) is 14.4. The van der Waals surface area contributed by atoms with Gasteiger partial charge in [-0.05, 0) is 25.5 Å². The van der Waals surface area contributed by atoms with E-state index in [9.17, 15) is 8.42 Å². The van der Waals surface area contributed by atoms with E-state index < -0.39 is 10.0 Å². The van der Waals surface area contributed by atoms with Crippen molar-refractivity contribution in [1.82, 2.24) is 4.31 Å². The van der Waals surface area contributed by atoms with Gasteiger partial charge in [0.1, 0.15) is 0 Å². The summed E-state index contributed by atoms with van der Waals surface area (Å²) >= 11 is 0. The van der Waals surface area contributed by atoms with Crippen molar-refractivity contribution in [3.63, 3.8) is 0 Å². The zero-order chi connectivity index (χ0) is 16.1. The fourth-order valence-electron chi connectivity index (χ4n) is 2.34. The van der Waals surface area contributed by atoms with Crippen LogP contribution in [-0.4, -0.2) is 26.3 Å². The third kappa shape index (κ3) is 4.42. The molecule has 0 heterocycles. The molecule has 0 aliphatic rings. The largest absolute Gasteiger partial charge is 0.242 e. The summed E-state index contributed by atoms with van der Waals surface area (Å²) in [5, 5.41) is 0. The van der Waals surface area contributed by atoms with Crippen LogP contribution in [0.25, 0.3) is 0 Å². The van der Waals surface area contributed by atoms with Gasteiger partial charge >= 0.3 is 0 Å². The first-order chi connectivity index (χ1) is 9.74. The molecular weight excluding hydrogens is 282 g/mol. The minimum atomic E-state index is -3.44. The molecule has 1 unspecified atom stereocenters. The Morgan fingerprint density at radius 3 is 2.33 bits per heavy atom. The van der Waals surface area contributed by atoms with E-state index in [0.717, 1.165) is 24.8 Å². The number of sulfonamides is 1. The molecule has 0 saturated heterocycles. The summed E-state index contributed by atoms with van der Waals surface area (Å²) < 4.78 is 26.7. The van der Waals surface area contributed by atoms with E-state index >= 15 is 0 Å². The van der Waals surface area contributed by atoms with Gasteiger partial charge in [-0.25, -0.2) is 12.7 Å². The Morgan fingerprint density at radius 1 is 1.29 bits per heavy atom. The monoisotopic (exact) mass is 309 g/mol. The second kappa shape index (κ2) is 7.23. The first-order valence-electron chi connectivity index (χ1n) is 7.41. The number of hydrogen-bond donors (Lipinski definition) is 0. The van der Waals surface area contributed by atoms with Crippen molar-refractivity contribution < 1.29 is 8.42 Å². The summed E-state index contributed by atoms with van der Waals surface area (Å²) in [4.78, 5) is 0.340. The number of nitrogens with zero attached hydrogens (tertiary/aromatic N) is 1. The fraction of sp³-hybridized carbons (Fsp3) is 0.529. The molecule has 0 bridgehead atoms. The van der Waals surface area contributed by atoms with Crippen LogP contribution in [0.2, 0.25) is 0 Å². The summed E-state index contributed by atoms with van der Waals surface area (Å²) in [5.41, 5.74) is 0.846. The number of unbranched alkanes of at least 4 members (excludes halogenated alkanes) is 1. The molecule has 0 saturated carbocycles. The molecule has 0 spiro atoms. The average molecular weight is 309 g/mol. The molecule has 0 aromatic heterocycles. The Labute approximate surface area is 129 Å². The highest BCUT2D eigenvalue weighted by Crippen LogP contribution is 2.33. The maximum Gasteiger partial charge on any atom is 0.242 e. The van der Waals surface area contributed by atoms with Crippen molar-refractivity contribution in [2.24, 2.45) is 5.41 Å². The lowest BCUT2D eigenvalue weighted by Crippen LogP contribution is -2.38. The van der Waals surface area contributed by atoms with Gasteiger partial charge in [0.25, 0.3) is 0 Å². The quantitative estimate of drug-likeness (QED) is 0.679. The molecule has 0 radical (unpaired) electrons. The van der Waals surface area contributed by atoms with Crippen LogP contribution >= 0.6 is 0 Å². The molecule has 1 aromatic carbocycles. The normalized spacial score (nSPS) is 14.9. The third-order valence-corrected chi connectivity index (χ3v) is 5.95. The maximum absolute atomic E-state index is 12.6. The third-order valence-electron chi connectivity index (χ3n) is 4.14. The van der Waals surface area contributed by atoms with Gasteiger partial charge in [0.05, 0.1) is 4.90 Å². The summed E-state index contributed by atoms with van der Waals surface area (Å²) in [6.45, 7) is 10.8. The molecule has 4 heteroatoms. The fourth-order valence-corrected chi connectivity index (χ4v) is 3.66. The Hall–Kier alpha value is -1.13. The van der Waals surface area contributed by atoms with Gasteiger partial charge < -0.3 is 0 Å². The van der Waals surface area contributed by atoms with Crippen LogP contribution in [0.5, 0.6) is 0 Å².